The van der Waals surface area contributed by atoms with Gasteiger partial charge in [0.05, 0.1) is 11.3 Å². The van der Waals surface area contributed by atoms with E-state index in [1.165, 1.54) is 22.9 Å². The van der Waals surface area contributed by atoms with E-state index in [1.807, 2.05) is 45.0 Å². The fourth-order valence-corrected chi connectivity index (χ4v) is 4.20. The Balaban J connectivity index is 1.47. The second-order valence-corrected chi connectivity index (χ2v) is 9.49. The topological polar surface area (TPSA) is 98.5 Å². The van der Waals surface area contributed by atoms with E-state index < -0.39 is 12.3 Å². The van der Waals surface area contributed by atoms with Crippen LogP contribution in [0.15, 0.2) is 66.7 Å². The lowest BCUT2D eigenvalue weighted by Gasteiger charge is -2.16. The van der Waals surface area contributed by atoms with Crippen LogP contribution in [-0.2, 0) is 19.7 Å². The number of carboxylic acid groups (broad SMARTS) is 1. The number of nitrogens with zero attached hydrogens (tertiary/aromatic N) is 3. The minimum absolute atomic E-state index is 0.0256. The van der Waals surface area contributed by atoms with Crippen LogP contribution in [0.25, 0.3) is 5.69 Å². The summed E-state index contributed by atoms with van der Waals surface area (Å²) in [4.78, 5) is 11.2. The van der Waals surface area contributed by atoms with Gasteiger partial charge in [-0.15, -0.1) is 18.3 Å². The van der Waals surface area contributed by atoms with Crippen LogP contribution >= 0.6 is 0 Å². The summed E-state index contributed by atoms with van der Waals surface area (Å²) in [6.45, 7) is 6.88. The summed E-state index contributed by atoms with van der Waals surface area (Å²) in [6.07, 6.45) is -4.86. The Hall–Kier alpha value is -4.38. The van der Waals surface area contributed by atoms with Crippen molar-refractivity contribution in [1.82, 2.24) is 20.3 Å². The number of aromatic carboxylic acids is 1. The number of aryl methyl sites for hydroxylation is 1. The summed E-state index contributed by atoms with van der Waals surface area (Å²) < 4.78 is 50.6. The van der Waals surface area contributed by atoms with Crippen LogP contribution in [0.4, 0.5) is 13.2 Å². The first-order valence-corrected chi connectivity index (χ1v) is 12.6. The predicted molar refractivity (Wildman–Crippen MR) is 142 cm³/mol. The summed E-state index contributed by atoms with van der Waals surface area (Å²) in [6, 6.07) is 18.1. The van der Waals surface area contributed by atoms with E-state index in [4.69, 9.17) is 9.84 Å². The van der Waals surface area contributed by atoms with Gasteiger partial charge in [0.2, 0.25) is 0 Å². The molecule has 0 saturated heterocycles. The van der Waals surface area contributed by atoms with Crippen molar-refractivity contribution in [2.24, 2.45) is 0 Å². The monoisotopic (exact) mass is 554 g/mol. The predicted octanol–water partition coefficient (Wildman–Crippen LogP) is 6.16. The van der Waals surface area contributed by atoms with Crippen LogP contribution in [-0.4, -0.2) is 32.4 Å². The minimum Gasteiger partial charge on any atom is -0.487 e. The lowest BCUT2D eigenvalue weighted by molar-refractivity contribution is -0.274. The maximum atomic E-state index is 13.0. The number of nitrogens with one attached hydrogen (secondary N) is 1. The Morgan fingerprint density at radius 3 is 2.52 bits per heavy atom. The molecule has 0 radical (unpaired) electrons. The normalized spacial score (nSPS) is 11.6. The van der Waals surface area contributed by atoms with Crippen LogP contribution in [0.1, 0.15) is 58.2 Å². The Bertz CT molecular complexity index is 1480. The fourth-order valence-electron chi connectivity index (χ4n) is 4.20. The zero-order valence-electron chi connectivity index (χ0n) is 22.2. The molecule has 0 spiro atoms. The number of hydrogen-bond acceptors (Lipinski definition) is 6. The zero-order valence-corrected chi connectivity index (χ0v) is 22.2. The van der Waals surface area contributed by atoms with Gasteiger partial charge in [0.1, 0.15) is 23.7 Å². The second kappa shape index (κ2) is 12.2. The van der Waals surface area contributed by atoms with E-state index >= 15 is 0 Å². The highest BCUT2D eigenvalue weighted by Gasteiger charge is 2.33. The Morgan fingerprint density at radius 1 is 1.05 bits per heavy atom. The molecule has 0 aliphatic heterocycles. The van der Waals surface area contributed by atoms with E-state index in [0.29, 0.717) is 30.2 Å². The van der Waals surface area contributed by atoms with Gasteiger partial charge in [0, 0.05) is 13.1 Å². The molecule has 1 heterocycles. The smallest absolute Gasteiger partial charge is 0.487 e. The third-order valence-electron chi connectivity index (χ3n) is 6.17. The van der Waals surface area contributed by atoms with E-state index in [2.05, 4.69) is 20.4 Å². The van der Waals surface area contributed by atoms with Crippen LogP contribution in [0.2, 0.25) is 0 Å². The molecule has 210 valence electrons. The number of rotatable bonds is 11. The van der Waals surface area contributed by atoms with Gasteiger partial charge in [-0.05, 0) is 65.9 Å². The first-order chi connectivity index (χ1) is 19.0. The lowest BCUT2D eigenvalue weighted by atomic mass is 10.1. The molecule has 11 heteroatoms. The number of carbonyl (C=O) groups is 1. The summed E-state index contributed by atoms with van der Waals surface area (Å²) >= 11 is 0. The quantitative estimate of drug-likeness (QED) is 0.229. The highest BCUT2D eigenvalue weighted by molar-refractivity contribution is 5.87. The van der Waals surface area contributed by atoms with E-state index in [0.717, 1.165) is 16.7 Å². The number of hydrogen-bond donors (Lipinski definition) is 2. The van der Waals surface area contributed by atoms with Crippen molar-refractivity contribution in [2.45, 2.75) is 52.7 Å². The molecule has 0 atom stereocenters. The number of para-hydroxylation sites is 2. The van der Waals surface area contributed by atoms with Gasteiger partial charge in [0.25, 0.3) is 0 Å². The number of carboxylic acids is 1. The van der Waals surface area contributed by atoms with Gasteiger partial charge in [-0.2, -0.15) is 0 Å². The van der Waals surface area contributed by atoms with Crippen LogP contribution in [0.5, 0.6) is 11.5 Å². The molecule has 0 bridgehead atoms. The van der Waals surface area contributed by atoms with Crippen LogP contribution in [0.3, 0.4) is 0 Å². The van der Waals surface area contributed by atoms with Crippen molar-refractivity contribution in [3.8, 4) is 17.2 Å². The molecule has 4 rings (SSSR count). The molecule has 0 saturated carbocycles. The summed E-state index contributed by atoms with van der Waals surface area (Å²) in [5.74, 6) is -0.822. The third kappa shape index (κ3) is 7.17. The van der Waals surface area contributed by atoms with Gasteiger partial charge in [-0.3, -0.25) is 0 Å². The van der Waals surface area contributed by atoms with Gasteiger partial charge >= 0.3 is 12.3 Å². The van der Waals surface area contributed by atoms with Gasteiger partial charge in [-0.1, -0.05) is 49.4 Å². The standard InChI is InChI=1S/C29H29F3N4O4/c1-18(2)27-25(36(35-34-27)24-9-4-5-10-26(24)40-29(30,31)32)17-39-23-12-11-22(19(3)13-23)16-33-15-20-7-6-8-21(14-20)28(37)38/h4-14,18,33H,15-17H2,1-3H3,(H,37,38). The minimum atomic E-state index is -4.86. The van der Waals surface area contributed by atoms with Crippen molar-refractivity contribution in [3.63, 3.8) is 0 Å². The first-order valence-electron chi connectivity index (χ1n) is 12.6. The molecule has 3 aromatic carbocycles. The first kappa shape index (κ1) is 28.6. The van der Waals surface area contributed by atoms with E-state index in [9.17, 15) is 18.0 Å². The molecule has 0 fully saturated rings. The Labute approximate surface area is 229 Å². The van der Waals surface area contributed by atoms with Crippen molar-refractivity contribution in [2.75, 3.05) is 0 Å². The van der Waals surface area contributed by atoms with E-state index in [1.54, 1.807) is 24.3 Å². The molecule has 40 heavy (non-hydrogen) atoms. The molecule has 0 amide bonds. The fraction of sp³-hybridized carbons (Fsp3) is 0.276. The summed E-state index contributed by atoms with van der Waals surface area (Å²) in [5.41, 5.74) is 4.34. The summed E-state index contributed by atoms with van der Waals surface area (Å²) in [5, 5.41) is 20.8. The lowest BCUT2D eigenvalue weighted by Crippen LogP contribution is -2.19. The third-order valence-corrected chi connectivity index (χ3v) is 6.17. The second-order valence-electron chi connectivity index (χ2n) is 9.49. The molecule has 0 aliphatic rings. The van der Waals surface area contributed by atoms with Crippen molar-refractivity contribution >= 4 is 5.97 Å². The molecule has 1 aromatic heterocycles. The van der Waals surface area contributed by atoms with Crippen molar-refractivity contribution in [3.05, 3.63) is 100 Å². The van der Waals surface area contributed by atoms with Gasteiger partial charge in [0.15, 0.2) is 5.75 Å². The number of aromatic nitrogens is 3. The SMILES string of the molecule is Cc1cc(OCc2c(C(C)C)nnn2-c2ccccc2OC(F)(F)F)ccc1CNCc1cccc(C(=O)O)c1. The number of halogens is 3. The number of ether oxygens (including phenoxy) is 2. The maximum Gasteiger partial charge on any atom is 0.573 e. The van der Waals surface area contributed by atoms with Gasteiger partial charge in [-0.25, -0.2) is 9.48 Å². The molecular formula is C29H29F3N4O4. The maximum absolute atomic E-state index is 13.0. The highest BCUT2D eigenvalue weighted by atomic mass is 19.4. The van der Waals surface area contributed by atoms with Crippen LogP contribution < -0.4 is 14.8 Å². The average Bonchev–Trinajstić information content (AvgIpc) is 3.32. The molecular weight excluding hydrogens is 525 g/mol. The van der Waals surface area contributed by atoms with Crippen molar-refractivity contribution in [1.29, 1.82) is 0 Å². The Kier molecular flexibility index (Phi) is 8.73. The van der Waals surface area contributed by atoms with E-state index in [-0.39, 0.29) is 29.5 Å². The largest absolute Gasteiger partial charge is 0.573 e. The molecule has 0 unspecified atom stereocenters. The summed E-state index contributed by atoms with van der Waals surface area (Å²) in [7, 11) is 0. The number of alkyl halides is 3. The molecule has 8 nitrogen and oxygen atoms in total. The molecule has 2 N–H and O–H groups in total. The zero-order chi connectivity index (χ0) is 28.9. The number of benzene rings is 3. The average molecular weight is 555 g/mol. The Morgan fingerprint density at radius 2 is 1.82 bits per heavy atom. The highest BCUT2D eigenvalue weighted by Crippen LogP contribution is 2.31. The van der Waals surface area contributed by atoms with Gasteiger partial charge < -0.3 is 19.9 Å². The van der Waals surface area contributed by atoms with Crippen LogP contribution in [0, 0.1) is 6.92 Å². The molecule has 0 aliphatic carbocycles. The molecule has 4 aromatic rings. The van der Waals surface area contributed by atoms with Crippen molar-refractivity contribution < 1.29 is 32.5 Å².